The van der Waals surface area contributed by atoms with Crippen LogP contribution >= 0.6 is 15.9 Å². The van der Waals surface area contributed by atoms with Gasteiger partial charge in [0.25, 0.3) is 0 Å². The van der Waals surface area contributed by atoms with Crippen molar-refractivity contribution < 1.29 is 4.39 Å². The van der Waals surface area contributed by atoms with E-state index in [-0.39, 0.29) is 5.82 Å². The molecule has 0 aliphatic heterocycles. The third kappa shape index (κ3) is 6.45. The minimum absolute atomic E-state index is 0.175. The molecular formula is C17H28BrFN2. The molecular weight excluding hydrogens is 331 g/mol. The first-order valence-corrected chi connectivity index (χ1v) is 8.80. The number of nitrogens with one attached hydrogen (secondary N) is 1. The summed E-state index contributed by atoms with van der Waals surface area (Å²) < 4.78 is 14.2. The van der Waals surface area contributed by atoms with Gasteiger partial charge in [-0.15, -0.1) is 0 Å². The van der Waals surface area contributed by atoms with Crippen molar-refractivity contribution in [2.75, 3.05) is 26.2 Å². The normalized spacial score (nSPS) is 12.9. The molecule has 0 bridgehead atoms. The van der Waals surface area contributed by atoms with E-state index in [1.807, 2.05) is 6.07 Å². The lowest BCUT2D eigenvalue weighted by atomic mass is 10.0. The van der Waals surface area contributed by atoms with Crippen LogP contribution in [0.15, 0.2) is 22.7 Å². The molecule has 0 aliphatic carbocycles. The molecule has 0 amide bonds. The Hall–Kier alpha value is -0.450. The Bertz CT molecular complexity index is 408. The van der Waals surface area contributed by atoms with Gasteiger partial charge in [-0.3, -0.25) is 0 Å². The van der Waals surface area contributed by atoms with Crippen molar-refractivity contribution in [1.29, 1.82) is 0 Å². The van der Waals surface area contributed by atoms with Gasteiger partial charge in [0, 0.05) is 6.04 Å². The summed E-state index contributed by atoms with van der Waals surface area (Å²) in [5, 5.41) is 3.60. The highest BCUT2D eigenvalue weighted by molar-refractivity contribution is 9.10. The average molecular weight is 359 g/mol. The molecule has 1 unspecified atom stereocenters. The van der Waals surface area contributed by atoms with E-state index in [1.165, 1.54) is 6.07 Å². The summed E-state index contributed by atoms with van der Waals surface area (Å²) in [7, 11) is 0. The van der Waals surface area contributed by atoms with Crippen LogP contribution in [0.25, 0.3) is 0 Å². The van der Waals surface area contributed by atoms with Crippen molar-refractivity contribution in [3.8, 4) is 0 Å². The van der Waals surface area contributed by atoms with E-state index in [9.17, 15) is 4.39 Å². The minimum atomic E-state index is -0.175. The fourth-order valence-corrected chi connectivity index (χ4v) is 2.90. The second-order valence-electron chi connectivity index (χ2n) is 5.38. The summed E-state index contributed by atoms with van der Waals surface area (Å²) in [6, 6.07) is 5.68. The minimum Gasteiger partial charge on any atom is -0.314 e. The van der Waals surface area contributed by atoms with E-state index in [2.05, 4.69) is 46.9 Å². The molecule has 0 spiro atoms. The Balaban J connectivity index is 2.66. The van der Waals surface area contributed by atoms with E-state index in [0.29, 0.717) is 10.5 Å². The van der Waals surface area contributed by atoms with Gasteiger partial charge in [-0.2, -0.15) is 0 Å². The average Bonchev–Trinajstić information content (AvgIpc) is 2.49. The molecule has 1 aromatic rings. The molecule has 1 N–H and O–H groups in total. The predicted octanol–water partition coefficient (Wildman–Crippen LogP) is 4.23. The smallest absolute Gasteiger partial charge is 0.137 e. The molecule has 0 radical (unpaired) electrons. The fraction of sp³-hybridized carbons (Fsp3) is 0.647. The highest BCUT2D eigenvalue weighted by Crippen LogP contribution is 2.22. The van der Waals surface area contributed by atoms with Gasteiger partial charge in [-0.1, -0.05) is 32.9 Å². The molecule has 120 valence electrons. The van der Waals surface area contributed by atoms with Gasteiger partial charge in [-0.05, 0) is 73.0 Å². The lowest BCUT2D eigenvalue weighted by Gasteiger charge is -2.24. The summed E-state index contributed by atoms with van der Waals surface area (Å²) in [5.41, 5.74) is 1.04. The Morgan fingerprint density at radius 3 is 2.57 bits per heavy atom. The molecule has 21 heavy (non-hydrogen) atoms. The Morgan fingerprint density at radius 2 is 1.95 bits per heavy atom. The van der Waals surface area contributed by atoms with Crippen molar-refractivity contribution in [3.05, 3.63) is 34.1 Å². The highest BCUT2D eigenvalue weighted by Gasteiger charge is 2.14. The number of nitrogens with zero attached hydrogens (tertiary/aromatic N) is 1. The molecule has 2 nitrogen and oxygen atoms in total. The topological polar surface area (TPSA) is 15.3 Å². The van der Waals surface area contributed by atoms with Crippen LogP contribution in [-0.2, 0) is 6.42 Å². The number of benzene rings is 1. The molecule has 4 heteroatoms. The van der Waals surface area contributed by atoms with Gasteiger partial charge < -0.3 is 10.2 Å². The zero-order valence-corrected chi connectivity index (χ0v) is 15.0. The van der Waals surface area contributed by atoms with Crippen molar-refractivity contribution >= 4 is 15.9 Å². The van der Waals surface area contributed by atoms with Crippen LogP contribution in [-0.4, -0.2) is 37.1 Å². The molecule has 1 atom stereocenters. The van der Waals surface area contributed by atoms with Crippen LogP contribution < -0.4 is 5.32 Å². The van der Waals surface area contributed by atoms with Gasteiger partial charge in [0.05, 0.1) is 4.47 Å². The molecule has 0 heterocycles. The van der Waals surface area contributed by atoms with Crippen LogP contribution in [0.4, 0.5) is 4.39 Å². The van der Waals surface area contributed by atoms with Crippen molar-refractivity contribution in [1.82, 2.24) is 10.2 Å². The van der Waals surface area contributed by atoms with Gasteiger partial charge >= 0.3 is 0 Å². The third-order valence-corrected chi connectivity index (χ3v) is 4.76. The summed E-state index contributed by atoms with van der Waals surface area (Å²) in [5.74, 6) is -0.175. The first kappa shape index (κ1) is 18.6. The standard InChI is InChI=1S/C17H28BrFN2/c1-4-11-20-15(10-12-21(5-2)6-3)13-14-8-7-9-16(19)17(14)18/h7-9,15,20H,4-6,10-13H2,1-3H3. The monoisotopic (exact) mass is 358 g/mol. The van der Waals surface area contributed by atoms with E-state index in [0.717, 1.165) is 51.0 Å². The maximum atomic E-state index is 13.6. The van der Waals surface area contributed by atoms with Crippen molar-refractivity contribution in [3.63, 3.8) is 0 Å². The van der Waals surface area contributed by atoms with Gasteiger partial charge in [0.2, 0.25) is 0 Å². The van der Waals surface area contributed by atoms with Gasteiger partial charge in [0.1, 0.15) is 5.82 Å². The fourth-order valence-electron chi connectivity index (χ4n) is 2.47. The maximum absolute atomic E-state index is 13.6. The van der Waals surface area contributed by atoms with Crippen LogP contribution in [0.2, 0.25) is 0 Å². The van der Waals surface area contributed by atoms with Gasteiger partial charge in [0.15, 0.2) is 0 Å². The molecule has 0 saturated carbocycles. The maximum Gasteiger partial charge on any atom is 0.137 e. The Labute approximate surface area is 137 Å². The first-order valence-electron chi connectivity index (χ1n) is 8.00. The second-order valence-corrected chi connectivity index (χ2v) is 6.18. The van der Waals surface area contributed by atoms with Crippen LogP contribution in [0.5, 0.6) is 0 Å². The zero-order valence-electron chi connectivity index (χ0n) is 13.5. The lowest BCUT2D eigenvalue weighted by molar-refractivity contribution is 0.280. The van der Waals surface area contributed by atoms with Crippen LogP contribution in [0.3, 0.4) is 0 Å². The zero-order chi connectivity index (χ0) is 15.7. The largest absolute Gasteiger partial charge is 0.314 e. The van der Waals surface area contributed by atoms with E-state index < -0.39 is 0 Å². The molecule has 0 aromatic heterocycles. The number of halogens is 2. The predicted molar refractivity (Wildman–Crippen MR) is 92.3 cm³/mol. The van der Waals surface area contributed by atoms with Crippen LogP contribution in [0.1, 0.15) is 39.2 Å². The van der Waals surface area contributed by atoms with Crippen molar-refractivity contribution in [2.45, 2.75) is 46.1 Å². The summed E-state index contributed by atoms with van der Waals surface area (Å²) in [6.45, 7) is 10.8. The lowest BCUT2D eigenvalue weighted by Crippen LogP contribution is -2.36. The summed E-state index contributed by atoms with van der Waals surface area (Å²) in [4.78, 5) is 2.43. The molecule has 0 fully saturated rings. The summed E-state index contributed by atoms with van der Waals surface area (Å²) >= 11 is 3.37. The van der Waals surface area contributed by atoms with E-state index in [1.54, 1.807) is 6.07 Å². The highest BCUT2D eigenvalue weighted by atomic mass is 79.9. The molecule has 1 rings (SSSR count). The molecule has 1 aromatic carbocycles. The van der Waals surface area contributed by atoms with Gasteiger partial charge in [-0.25, -0.2) is 4.39 Å². The Kier molecular flexibility index (Phi) is 9.13. The first-order chi connectivity index (χ1) is 10.1. The number of hydrogen-bond acceptors (Lipinski definition) is 2. The van der Waals surface area contributed by atoms with Crippen molar-refractivity contribution in [2.24, 2.45) is 0 Å². The Morgan fingerprint density at radius 1 is 1.24 bits per heavy atom. The van der Waals surface area contributed by atoms with Crippen LogP contribution in [0, 0.1) is 5.82 Å². The molecule has 0 saturated heterocycles. The van der Waals surface area contributed by atoms with E-state index in [4.69, 9.17) is 0 Å². The second kappa shape index (κ2) is 10.3. The number of rotatable bonds is 10. The SMILES string of the molecule is CCCNC(CCN(CC)CC)Cc1cccc(F)c1Br. The third-order valence-electron chi connectivity index (χ3n) is 3.87. The van der Waals surface area contributed by atoms with E-state index >= 15 is 0 Å². The molecule has 0 aliphatic rings. The summed E-state index contributed by atoms with van der Waals surface area (Å²) in [6.07, 6.45) is 3.07. The number of hydrogen-bond donors (Lipinski definition) is 1. The quantitative estimate of drug-likeness (QED) is 0.673.